The summed E-state index contributed by atoms with van der Waals surface area (Å²) in [6.07, 6.45) is -0.301. The van der Waals surface area contributed by atoms with E-state index >= 15 is 0 Å². The quantitative estimate of drug-likeness (QED) is 0.633. The van der Waals surface area contributed by atoms with Gasteiger partial charge in [-0.1, -0.05) is 6.07 Å². The Morgan fingerprint density at radius 1 is 1.22 bits per heavy atom. The molecule has 2 N–H and O–H groups in total. The average molecular weight is 268 g/mol. The molecule has 0 aliphatic carbocycles. The Labute approximate surface area is 114 Å². The van der Waals surface area contributed by atoms with Crippen LogP contribution in [0.15, 0.2) is 18.2 Å². The van der Waals surface area contributed by atoms with E-state index in [9.17, 15) is 0 Å². The summed E-state index contributed by atoms with van der Waals surface area (Å²) >= 11 is 5.19. The van der Waals surface area contributed by atoms with Gasteiger partial charge in [0.05, 0.1) is 6.54 Å². The molecule has 0 heterocycles. The molecule has 1 aromatic carbocycles. The van der Waals surface area contributed by atoms with Gasteiger partial charge in [-0.05, 0) is 49.3 Å². The van der Waals surface area contributed by atoms with Crippen LogP contribution < -0.4 is 10.6 Å². The molecule has 0 fully saturated rings. The third-order valence-corrected chi connectivity index (χ3v) is 2.97. The minimum atomic E-state index is -0.301. The molecule has 0 unspecified atom stereocenters. The van der Waals surface area contributed by atoms with Crippen molar-refractivity contribution in [3.63, 3.8) is 0 Å². The molecule has 1 rings (SSSR count). The Morgan fingerprint density at radius 3 is 2.44 bits per heavy atom. The van der Waals surface area contributed by atoms with Gasteiger partial charge in [0.25, 0.3) is 0 Å². The molecule has 1 aromatic rings. The highest BCUT2D eigenvalue weighted by Crippen LogP contribution is 2.13. The van der Waals surface area contributed by atoms with Crippen LogP contribution in [0.4, 0.5) is 5.69 Å². The lowest BCUT2D eigenvalue weighted by Crippen LogP contribution is -2.36. The summed E-state index contributed by atoms with van der Waals surface area (Å²) in [5.41, 5.74) is 3.47. The van der Waals surface area contributed by atoms with Crippen LogP contribution in [-0.2, 0) is 9.47 Å². The van der Waals surface area contributed by atoms with E-state index in [1.54, 1.807) is 14.2 Å². The maximum Gasteiger partial charge on any atom is 0.174 e. The van der Waals surface area contributed by atoms with Crippen LogP contribution in [0, 0.1) is 13.8 Å². The molecule has 4 nitrogen and oxygen atoms in total. The number of benzene rings is 1. The molecule has 0 saturated heterocycles. The molecule has 0 spiro atoms. The van der Waals surface area contributed by atoms with E-state index in [0.717, 1.165) is 5.69 Å². The third kappa shape index (κ3) is 4.60. The maximum atomic E-state index is 5.19. The molecule has 0 saturated carbocycles. The van der Waals surface area contributed by atoms with Crippen molar-refractivity contribution < 1.29 is 9.47 Å². The van der Waals surface area contributed by atoms with Gasteiger partial charge >= 0.3 is 0 Å². The zero-order chi connectivity index (χ0) is 13.5. The smallest absolute Gasteiger partial charge is 0.174 e. The lowest BCUT2D eigenvalue weighted by molar-refractivity contribution is -0.0964. The molecular weight excluding hydrogens is 248 g/mol. The van der Waals surface area contributed by atoms with Crippen molar-refractivity contribution in [2.75, 3.05) is 26.1 Å². The zero-order valence-corrected chi connectivity index (χ0v) is 12.1. The summed E-state index contributed by atoms with van der Waals surface area (Å²) in [4.78, 5) is 0. The predicted octanol–water partition coefficient (Wildman–Crippen LogP) is 2.21. The van der Waals surface area contributed by atoms with Crippen molar-refractivity contribution >= 4 is 23.0 Å². The minimum Gasteiger partial charge on any atom is -0.357 e. The van der Waals surface area contributed by atoms with E-state index in [4.69, 9.17) is 21.7 Å². The monoisotopic (exact) mass is 268 g/mol. The van der Waals surface area contributed by atoms with Gasteiger partial charge in [0.1, 0.15) is 0 Å². The fourth-order valence-electron chi connectivity index (χ4n) is 1.43. The predicted molar refractivity (Wildman–Crippen MR) is 77.9 cm³/mol. The summed E-state index contributed by atoms with van der Waals surface area (Å²) in [7, 11) is 3.19. The first-order chi connectivity index (χ1) is 8.56. The Kier molecular flexibility index (Phi) is 6.04. The van der Waals surface area contributed by atoms with E-state index in [0.29, 0.717) is 11.7 Å². The van der Waals surface area contributed by atoms with Crippen LogP contribution in [0.2, 0.25) is 0 Å². The third-order valence-electron chi connectivity index (χ3n) is 2.72. The summed E-state index contributed by atoms with van der Waals surface area (Å²) in [5, 5.41) is 6.71. The summed E-state index contributed by atoms with van der Waals surface area (Å²) in [6.45, 7) is 4.66. The van der Waals surface area contributed by atoms with Gasteiger partial charge in [0.2, 0.25) is 0 Å². The first kappa shape index (κ1) is 14.9. The largest absolute Gasteiger partial charge is 0.357 e. The van der Waals surface area contributed by atoms with Gasteiger partial charge in [0, 0.05) is 19.9 Å². The Hall–Kier alpha value is -1.17. The van der Waals surface area contributed by atoms with E-state index in [-0.39, 0.29) is 6.29 Å². The molecule has 18 heavy (non-hydrogen) atoms. The standard InChI is InChI=1S/C13H20N2O2S/c1-9-5-6-11(7-10(9)2)15-13(18)14-8-12(16-3)17-4/h5-7,12H,8H2,1-4H3,(H2,14,15,18). The van der Waals surface area contributed by atoms with Gasteiger partial charge < -0.3 is 20.1 Å². The van der Waals surface area contributed by atoms with Crippen molar-refractivity contribution in [3.8, 4) is 0 Å². The van der Waals surface area contributed by atoms with Crippen molar-refractivity contribution in [1.82, 2.24) is 5.32 Å². The maximum absolute atomic E-state index is 5.19. The highest BCUT2D eigenvalue weighted by Gasteiger charge is 2.05. The van der Waals surface area contributed by atoms with Crippen LogP contribution in [0.3, 0.4) is 0 Å². The number of anilines is 1. The van der Waals surface area contributed by atoms with Crippen molar-refractivity contribution in [3.05, 3.63) is 29.3 Å². The van der Waals surface area contributed by atoms with Crippen molar-refractivity contribution in [2.45, 2.75) is 20.1 Å². The van der Waals surface area contributed by atoms with Gasteiger partial charge in [-0.25, -0.2) is 0 Å². The number of hydrogen-bond acceptors (Lipinski definition) is 3. The SMILES string of the molecule is COC(CNC(=S)Nc1ccc(C)c(C)c1)OC. The Morgan fingerprint density at radius 2 is 1.89 bits per heavy atom. The number of thiocarbonyl (C=S) groups is 1. The van der Waals surface area contributed by atoms with Crippen LogP contribution in [0.1, 0.15) is 11.1 Å². The van der Waals surface area contributed by atoms with Crippen LogP contribution in [0.5, 0.6) is 0 Å². The highest BCUT2D eigenvalue weighted by molar-refractivity contribution is 7.80. The normalized spacial score (nSPS) is 10.5. The minimum absolute atomic E-state index is 0.301. The molecule has 0 radical (unpaired) electrons. The van der Waals surface area contributed by atoms with Gasteiger partial charge in [-0.2, -0.15) is 0 Å². The van der Waals surface area contributed by atoms with Crippen LogP contribution >= 0.6 is 12.2 Å². The molecule has 0 amide bonds. The fourth-order valence-corrected chi connectivity index (χ4v) is 1.63. The van der Waals surface area contributed by atoms with Gasteiger partial charge in [0.15, 0.2) is 11.4 Å². The first-order valence-corrected chi connectivity index (χ1v) is 6.15. The second-order valence-electron chi connectivity index (χ2n) is 4.04. The zero-order valence-electron chi connectivity index (χ0n) is 11.2. The molecule has 0 aromatic heterocycles. The van der Waals surface area contributed by atoms with Crippen molar-refractivity contribution in [1.29, 1.82) is 0 Å². The Balaban J connectivity index is 2.46. The number of hydrogen-bond donors (Lipinski definition) is 2. The molecule has 0 aliphatic heterocycles. The second kappa shape index (κ2) is 7.31. The summed E-state index contributed by atoms with van der Waals surface area (Å²) < 4.78 is 10.1. The Bertz CT molecular complexity index is 406. The van der Waals surface area contributed by atoms with E-state index in [1.165, 1.54) is 11.1 Å². The first-order valence-electron chi connectivity index (χ1n) is 5.74. The lowest BCUT2D eigenvalue weighted by Gasteiger charge is -2.16. The van der Waals surface area contributed by atoms with Gasteiger partial charge in [-0.15, -0.1) is 0 Å². The van der Waals surface area contributed by atoms with Crippen molar-refractivity contribution in [2.24, 2.45) is 0 Å². The number of rotatable bonds is 5. The van der Waals surface area contributed by atoms with Crippen LogP contribution in [0.25, 0.3) is 0 Å². The molecule has 0 bridgehead atoms. The summed E-state index contributed by atoms with van der Waals surface area (Å²) in [5.74, 6) is 0. The van der Waals surface area contributed by atoms with Crippen LogP contribution in [-0.4, -0.2) is 32.2 Å². The topological polar surface area (TPSA) is 42.5 Å². The summed E-state index contributed by atoms with van der Waals surface area (Å²) in [6, 6.07) is 6.13. The average Bonchev–Trinajstić information content (AvgIpc) is 2.35. The van der Waals surface area contributed by atoms with Gasteiger partial charge in [-0.3, -0.25) is 0 Å². The molecule has 0 atom stereocenters. The number of aryl methyl sites for hydroxylation is 2. The van der Waals surface area contributed by atoms with E-state index in [2.05, 4.69) is 36.6 Å². The second-order valence-corrected chi connectivity index (χ2v) is 4.44. The van der Waals surface area contributed by atoms with E-state index < -0.39 is 0 Å². The molecular formula is C13H20N2O2S. The highest BCUT2D eigenvalue weighted by atomic mass is 32.1. The number of nitrogens with one attached hydrogen (secondary N) is 2. The molecule has 100 valence electrons. The molecule has 0 aliphatic rings. The fraction of sp³-hybridized carbons (Fsp3) is 0.462. The molecule has 5 heteroatoms. The van der Waals surface area contributed by atoms with E-state index in [1.807, 2.05) is 6.07 Å². The lowest BCUT2D eigenvalue weighted by atomic mass is 10.1. The number of methoxy groups -OCH3 is 2. The number of ether oxygens (including phenoxy) is 2.